The first-order valence-electron chi connectivity index (χ1n) is 24.2. The zero-order valence-corrected chi connectivity index (χ0v) is 40.9. The number of nitrogens with zero attached hydrogens (tertiary/aromatic N) is 3. The van der Waals surface area contributed by atoms with Crippen molar-refractivity contribution < 1.29 is 33.4 Å². The fourth-order valence-corrected chi connectivity index (χ4v) is 7.72. The number of hydrogen-bond acceptors (Lipinski definition) is 9. The molecule has 0 radical (unpaired) electrons. The zero-order valence-electron chi connectivity index (χ0n) is 40.9. The number of H-pyrrole nitrogens is 1. The van der Waals surface area contributed by atoms with E-state index < -0.39 is 29.2 Å². The van der Waals surface area contributed by atoms with E-state index in [2.05, 4.69) is 17.1 Å². The minimum atomic E-state index is -0.782. The summed E-state index contributed by atoms with van der Waals surface area (Å²) >= 11 is 0. The molecule has 0 fully saturated rings. The topological polar surface area (TPSA) is 132 Å². The monoisotopic (exact) mass is 903 g/mol. The molecule has 0 bridgehead atoms. The molecule has 3 aromatic carbocycles. The highest BCUT2D eigenvalue weighted by molar-refractivity contribution is 6.03. The van der Waals surface area contributed by atoms with Crippen LogP contribution in [0.25, 0.3) is 40.0 Å². The molecule has 66 heavy (non-hydrogen) atoms. The van der Waals surface area contributed by atoms with Gasteiger partial charge in [-0.3, -0.25) is 4.79 Å². The van der Waals surface area contributed by atoms with Crippen molar-refractivity contribution in [3.05, 3.63) is 90.0 Å². The van der Waals surface area contributed by atoms with Crippen LogP contribution in [0.1, 0.15) is 156 Å². The Labute approximate surface area is 393 Å². The van der Waals surface area contributed by atoms with E-state index in [0.29, 0.717) is 23.7 Å². The number of hydrogen-bond donors (Lipinski definition) is 1. The molecule has 1 aliphatic rings. The molecular formula is C55H74N4O7. The second-order valence-corrected chi connectivity index (χ2v) is 19.5. The largest absolute Gasteiger partial charge is 0.482 e. The normalized spacial score (nSPS) is 13.9. The molecule has 0 saturated carbocycles. The second kappa shape index (κ2) is 25.3. The Morgan fingerprint density at radius 2 is 1.23 bits per heavy atom. The number of likely N-dealkylation sites (N-methyl/N-ethyl adjacent to an activating group) is 1. The van der Waals surface area contributed by atoms with Gasteiger partial charge in [0.1, 0.15) is 22.8 Å². The van der Waals surface area contributed by atoms with Crippen LogP contribution in [0.2, 0.25) is 0 Å². The van der Waals surface area contributed by atoms with Gasteiger partial charge in [0.25, 0.3) is 0 Å². The van der Waals surface area contributed by atoms with Crippen molar-refractivity contribution in [1.29, 1.82) is 0 Å². The molecule has 356 valence electrons. The number of nitrogens with one attached hydrogen (secondary N) is 1. The Bertz CT molecular complexity index is 2190. The number of amides is 1. The van der Waals surface area contributed by atoms with Crippen molar-refractivity contribution in [2.24, 2.45) is 5.16 Å². The Morgan fingerprint density at radius 1 is 0.697 bits per heavy atom. The summed E-state index contributed by atoms with van der Waals surface area (Å²) in [7, 11) is 1.88. The van der Waals surface area contributed by atoms with E-state index in [9.17, 15) is 14.4 Å². The molecule has 1 aromatic heterocycles. The van der Waals surface area contributed by atoms with E-state index in [4.69, 9.17) is 24.0 Å². The Morgan fingerprint density at radius 3 is 1.80 bits per heavy atom. The van der Waals surface area contributed by atoms with Gasteiger partial charge in [0.2, 0.25) is 12.0 Å². The van der Waals surface area contributed by atoms with Crippen LogP contribution in [0.5, 0.6) is 5.75 Å². The van der Waals surface area contributed by atoms with E-state index in [0.717, 1.165) is 58.6 Å². The SMILES string of the molecule is CCCCCCCCCCCCCCCCN(C)C(=O)C=Cc1ccc(-c2[nH]c(-c3ccc(C4=NOC(C(=O)OC(C)(C)C)C4)cc3)nc2-c2ccc(OCC(=O)OC(C)(C)C)cc2)cc1. The lowest BCUT2D eigenvalue weighted by Gasteiger charge is -2.20. The summed E-state index contributed by atoms with van der Waals surface area (Å²) in [5.74, 6) is 0.300. The molecule has 11 nitrogen and oxygen atoms in total. The molecular weight excluding hydrogens is 829 g/mol. The molecule has 5 rings (SSSR count). The molecule has 1 aliphatic heterocycles. The van der Waals surface area contributed by atoms with Crippen LogP contribution in [0.4, 0.5) is 0 Å². The number of oxime groups is 1. The molecule has 4 aromatic rings. The third-order valence-corrected chi connectivity index (χ3v) is 11.3. The first-order chi connectivity index (χ1) is 31.6. The summed E-state index contributed by atoms with van der Waals surface area (Å²) in [6.07, 6.45) is 21.4. The number of unbranched alkanes of at least 4 members (excludes halogenated alkanes) is 13. The zero-order chi connectivity index (χ0) is 47.5. The third-order valence-electron chi connectivity index (χ3n) is 11.3. The highest BCUT2D eigenvalue weighted by Gasteiger charge is 2.33. The first kappa shape index (κ1) is 51.3. The summed E-state index contributed by atoms with van der Waals surface area (Å²) < 4.78 is 16.6. The van der Waals surface area contributed by atoms with Gasteiger partial charge in [-0.05, 0) is 89.4 Å². The number of rotatable bonds is 25. The Balaban J connectivity index is 1.20. The average molecular weight is 903 g/mol. The summed E-state index contributed by atoms with van der Waals surface area (Å²) in [6, 6.07) is 23.3. The molecule has 0 spiro atoms. The van der Waals surface area contributed by atoms with Crippen molar-refractivity contribution >= 4 is 29.6 Å². The van der Waals surface area contributed by atoms with Crippen LogP contribution in [-0.2, 0) is 28.7 Å². The predicted octanol–water partition coefficient (Wildman–Crippen LogP) is 12.9. The lowest BCUT2D eigenvalue weighted by molar-refractivity contribution is -0.167. The molecule has 0 aliphatic carbocycles. The van der Waals surface area contributed by atoms with Crippen LogP contribution >= 0.6 is 0 Å². The first-order valence-corrected chi connectivity index (χ1v) is 24.2. The standard InChI is InChI=1S/C55H74N4O7/c1-9-10-11-12-13-14-15-16-17-18-19-20-21-22-37-59(8)48(60)36-25-40-23-26-42(27-24-40)50-51(43-32-34-45(35-33-43)63-39-49(61)64-54(2,3)4)57-52(56-50)44-30-28-41(29-31-44)46-38-47(66-58-46)53(62)65-55(5,6)7/h23-36,47H,9-22,37-39H2,1-8H3,(H,56,57). The number of imidazole rings is 1. The fraction of sp³-hybridized carbons (Fsp3) is 0.509. The minimum Gasteiger partial charge on any atom is -0.482 e. The molecule has 1 amide bonds. The van der Waals surface area contributed by atoms with Gasteiger partial charge in [-0.1, -0.05) is 144 Å². The van der Waals surface area contributed by atoms with Gasteiger partial charge in [0.05, 0.1) is 17.1 Å². The summed E-state index contributed by atoms with van der Waals surface area (Å²) in [5, 5.41) is 4.19. The van der Waals surface area contributed by atoms with Gasteiger partial charge in [0, 0.05) is 42.8 Å². The van der Waals surface area contributed by atoms with Crippen LogP contribution in [-0.4, -0.2) is 75.9 Å². The van der Waals surface area contributed by atoms with E-state index >= 15 is 0 Å². The van der Waals surface area contributed by atoms with Crippen LogP contribution < -0.4 is 4.74 Å². The number of aromatic amines is 1. The molecule has 1 atom stereocenters. The fourth-order valence-electron chi connectivity index (χ4n) is 7.72. The number of esters is 2. The smallest absolute Gasteiger partial charge is 0.351 e. The predicted molar refractivity (Wildman–Crippen MR) is 265 cm³/mol. The van der Waals surface area contributed by atoms with Gasteiger partial charge in [-0.15, -0.1) is 0 Å². The van der Waals surface area contributed by atoms with Gasteiger partial charge >= 0.3 is 11.9 Å². The molecule has 1 unspecified atom stereocenters. The molecule has 11 heteroatoms. The summed E-state index contributed by atoms with van der Waals surface area (Å²) in [6.45, 7) is 13.7. The van der Waals surface area contributed by atoms with Crippen molar-refractivity contribution in [2.75, 3.05) is 20.2 Å². The van der Waals surface area contributed by atoms with E-state index in [-0.39, 0.29) is 12.5 Å². The van der Waals surface area contributed by atoms with Crippen LogP contribution in [0.3, 0.4) is 0 Å². The molecule has 2 heterocycles. The number of carbonyl (C=O) groups excluding carboxylic acids is 3. The quantitative estimate of drug-likeness (QED) is 0.0395. The lowest BCUT2D eigenvalue weighted by Crippen LogP contribution is -2.32. The number of benzene rings is 3. The Hall–Kier alpha value is -5.71. The van der Waals surface area contributed by atoms with Crippen LogP contribution in [0.15, 0.2) is 84.0 Å². The summed E-state index contributed by atoms with van der Waals surface area (Å²) in [4.78, 5) is 53.8. The highest BCUT2D eigenvalue weighted by atomic mass is 16.7. The van der Waals surface area contributed by atoms with Crippen LogP contribution in [0, 0.1) is 0 Å². The van der Waals surface area contributed by atoms with E-state index in [1.54, 1.807) is 11.0 Å². The highest BCUT2D eigenvalue weighted by Crippen LogP contribution is 2.35. The number of ether oxygens (including phenoxy) is 3. The third kappa shape index (κ3) is 17.3. The van der Waals surface area contributed by atoms with Gasteiger partial charge < -0.3 is 28.9 Å². The van der Waals surface area contributed by atoms with E-state index in [1.165, 1.54) is 77.0 Å². The maximum Gasteiger partial charge on any atom is 0.351 e. The lowest BCUT2D eigenvalue weighted by atomic mass is 10.0. The van der Waals surface area contributed by atoms with Crippen molar-refractivity contribution in [3.63, 3.8) is 0 Å². The van der Waals surface area contributed by atoms with Crippen molar-refractivity contribution in [3.8, 4) is 39.7 Å². The van der Waals surface area contributed by atoms with Crippen molar-refractivity contribution in [1.82, 2.24) is 14.9 Å². The number of carbonyl (C=O) groups is 3. The van der Waals surface area contributed by atoms with Gasteiger partial charge in [0.15, 0.2) is 6.61 Å². The Kier molecular flexibility index (Phi) is 19.6. The summed E-state index contributed by atoms with van der Waals surface area (Å²) in [5.41, 5.74) is 5.33. The van der Waals surface area contributed by atoms with Crippen molar-refractivity contribution in [2.45, 2.75) is 162 Å². The average Bonchev–Trinajstić information content (AvgIpc) is 3.96. The van der Waals surface area contributed by atoms with E-state index in [1.807, 2.05) is 127 Å². The minimum absolute atomic E-state index is 0.00538. The number of aromatic nitrogens is 2. The molecule has 1 N–H and O–H groups in total. The van der Waals surface area contributed by atoms with Gasteiger partial charge in [-0.2, -0.15) is 0 Å². The maximum atomic E-state index is 13.0. The maximum absolute atomic E-state index is 13.0. The van der Waals surface area contributed by atoms with Gasteiger partial charge in [-0.25, -0.2) is 14.6 Å². The molecule has 0 saturated heterocycles. The second-order valence-electron chi connectivity index (χ2n) is 19.5.